The summed E-state index contributed by atoms with van der Waals surface area (Å²) in [6, 6.07) is 0. The number of rotatable bonds is 3. The fourth-order valence-electron chi connectivity index (χ4n) is 5.46. The van der Waals surface area contributed by atoms with E-state index in [1.807, 2.05) is 12.3 Å². The summed E-state index contributed by atoms with van der Waals surface area (Å²) in [5.74, 6) is 1.82. The Bertz CT molecular complexity index is 571. The van der Waals surface area contributed by atoms with Gasteiger partial charge in [-0.15, -0.1) is 11.3 Å². The normalized spacial score (nSPS) is 40.5. The van der Waals surface area contributed by atoms with E-state index in [4.69, 9.17) is 0 Å². The standard InChI is InChI=1S/C16H21BrN2OS/c1-10-8-21-14(18-10)19-13(20)7-15-3-11-2-12(4-15)6-16(17,5-11)9-15/h8,11-12H,2-7,9H2,1H3,(H,18,19,20). The molecule has 0 saturated heterocycles. The maximum Gasteiger partial charge on any atom is 0.226 e. The van der Waals surface area contributed by atoms with Crippen molar-refractivity contribution in [3.05, 3.63) is 11.1 Å². The van der Waals surface area contributed by atoms with Gasteiger partial charge in [-0.1, -0.05) is 15.9 Å². The number of thiazole rings is 1. The lowest BCUT2D eigenvalue weighted by Gasteiger charge is -2.60. The fourth-order valence-corrected chi connectivity index (χ4v) is 7.67. The second-order valence-electron chi connectivity index (χ2n) is 7.63. The van der Waals surface area contributed by atoms with Crippen LogP contribution >= 0.6 is 27.3 Å². The summed E-state index contributed by atoms with van der Waals surface area (Å²) < 4.78 is 0.329. The Kier molecular flexibility index (Phi) is 3.23. The SMILES string of the molecule is Cc1csc(NC(=O)CC23CC4CC(CC(Br)(C4)C2)C3)n1. The minimum Gasteiger partial charge on any atom is -0.302 e. The van der Waals surface area contributed by atoms with Crippen molar-refractivity contribution in [2.45, 2.75) is 56.2 Å². The largest absolute Gasteiger partial charge is 0.302 e. The zero-order chi connectivity index (χ0) is 14.7. The maximum absolute atomic E-state index is 12.5. The number of carbonyl (C=O) groups is 1. The Morgan fingerprint density at radius 2 is 2.14 bits per heavy atom. The molecule has 4 aliphatic rings. The third-order valence-corrected chi connectivity index (χ3v) is 7.32. The molecule has 3 nitrogen and oxygen atoms in total. The Hall–Kier alpha value is -0.420. The number of nitrogens with zero attached hydrogens (tertiary/aromatic N) is 1. The van der Waals surface area contributed by atoms with Gasteiger partial charge >= 0.3 is 0 Å². The van der Waals surface area contributed by atoms with Gasteiger partial charge in [-0.05, 0) is 62.7 Å². The molecule has 1 amide bonds. The number of hydrogen-bond donors (Lipinski definition) is 1. The van der Waals surface area contributed by atoms with E-state index in [-0.39, 0.29) is 11.3 Å². The molecule has 21 heavy (non-hydrogen) atoms. The highest BCUT2D eigenvalue weighted by Crippen LogP contribution is 2.65. The lowest BCUT2D eigenvalue weighted by atomic mass is 9.48. The Labute approximate surface area is 138 Å². The molecule has 0 spiro atoms. The first kappa shape index (κ1) is 14.2. The van der Waals surface area contributed by atoms with Crippen molar-refractivity contribution in [3.63, 3.8) is 0 Å². The van der Waals surface area contributed by atoms with E-state index in [0.717, 1.165) is 22.7 Å². The molecule has 2 atom stereocenters. The summed E-state index contributed by atoms with van der Waals surface area (Å²) in [4.78, 5) is 16.8. The van der Waals surface area contributed by atoms with Crippen molar-refractivity contribution in [1.29, 1.82) is 0 Å². The first-order chi connectivity index (χ1) is 9.94. The van der Waals surface area contributed by atoms with Gasteiger partial charge in [-0.25, -0.2) is 4.98 Å². The van der Waals surface area contributed by atoms with Crippen LogP contribution in [0.4, 0.5) is 5.13 Å². The monoisotopic (exact) mass is 368 g/mol. The lowest BCUT2D eigenvalue weighted by Crippen LogP contribution is -2.53. The summed E-state index contributed by atoms with van der Waals surface area (Å²) in [5, 5.41) is 5.73. The van der Waals surface area contributed by atoms with Crippen molar-refractivity contribution < 1.29 is 4.79 Å². The predicted octanol–water partition coefficient (Wildman–Crippen LogP) is 4.51. The summed E-state index contributed by atoms with van der Waals surface area (Å²) in [6.45, 7) is 1.96. The molecular weight excluding hydrogens is 348 g/mol. The summed E-state index contributed by atoms with van der Waals surface area (Å²) in [6.07, 6.45) is 8.38. The minimum absolute atomic E-state index is 0.155. The topological polar surface area (TPSA) is 42.0 Å². The van der Waals surface area contributed by atoms with E-state index in [1.54, 1.807) is 0 Å². The molecule has 1 N–H and O–H groups in total. The van der Waals surface area contributed by atoms with Gasteiger partial charge < -0.3 is 5.32 Å². The average Bonchev–Trinajstić information content (AvgIpc) is 2.69. The number of aromatic nitrogens is 1. The number of hydrogen-bond acceptors (Lipinski definition) is 3. The fraction of sp³-hybridized carbons (Fsp3) is 0.750. The minimum atomic E-state index is 0.155. The van der Waals surface area contributed by atoms with Gasteiger partial charge in [-0.2, -0.15) is 0 Å². The number of nitrogens with one attached hydrogen (secondary N) is 1. The molecule has 114 valence electrons. The zero-order valence-corrected chi connectivity index (χ0v) is 14.7. The van der Waals surface area contributed by atoms with Gasteiger partial charge in [0.05, 0.1) is 5.69 Å². The number of aryl methyl sites for hydroxylation is 1. The van der Waals surface area contributed by atoms with Crippen molar-refractivity contribution in [2.75, 3.05) is 5.32 Å². The molecule has 4 saturated carbocycles. The van der Waals surface area contributed by atoms with Crippen LogP contribution in [0.3, 0.4) is 0 Å². The summed E-state index contributed by atoms with van der Waals surface area (Å²) in [5.41, 5.74) is 1.22. The molecule has 4 aliphatic carbocycles. The van der Waals surface area contributed by atoms with Crippen LogP contribution in [0.25, 0.3) is 0 Å². The molecule has 0 aromatic carbocycles. The molecule has 4 fully saturated rings. The first-order valence-electron chi connectivity index (χ1n) is 7.85. The molecule has 5 heteroatoms. The Morgan fingerprint density at radius 1 is 1.43 bits per heavy atom. The van der Waals surface area contributed by atoms with Gasteiger partial charge in [0.1, 0.15) is 0 Å². The van der Waals surface area contributed by atoms with E-state index in [1.165, 1.54) is 49.9 Å². The van der Waals surface area contributed by atoms with Gasteiger partial charge in [-0.3, -0.25) is 4.79 Å². The molecule has 1 heterocycles. The molecule has 1 aromatic heterocycles. The van der Waals surface area contributed by atoms with Crippen molar-refractivity contribution in [3.8, 4) is 0 Å². The van der Waals surface area contributed by atoms with Gasteiger partial charge in [0.25, 0.3) is 0 Å². The number of alkyl halides is 1. The molecule has 0 radical (unpaired) electrons. The molecule has 2 unspecified atom stereocenters. The van der Waals surface area contributed by atoms with Gasteiger partial charge in [0, 0.05) is 16.1 Å². The molecule has 0 aliphatic heterocycles. The Morgan fingerprint density at radius 3 is 2.71 bits per heavy atom. The third-order valence-electron chi connectivity index (χ3n) is 5.51. The highest BCUT2D eigenvalue weighted by molar-refractivity contribution is 9.10. The molecule has 5 rings (SSSR count). The Balaban J connectivity index is 1.47. The summed E-state index contributed by atoms with van der Waals surface area (Å²) >= 11 is 5.53. The lowest BCUT2D eigenvalue weighted by molar-refractivity contribution is -0.123. The van der Waals surface area contributed by atoms with Crippen LogP contribution < -0.4 is 5.32 Å². The predicted molar refractivity (Wildman–Crippen MR) is 88.9 cm³/mol. The number of carbonyl (C=O) groups excluding carboxylic acids is 1. The van der Waals surface area contributed by atoms with Gasteiger partial charge in [0.2, 0.25) is 5.91 Å². The van der Waals surface area contributed by atoms with Crippen molar-refractivity contribution >= 4 is 38.3 Å². The number of halogens is 1. The molecule has 1 aromatic rings. The quantitative estimate of drug-likeness (QED) is 0.797. The van der Waals surface area contributed by atoms with E-state index in [0.29, 0.717) is 10.7 Å². The van der Waals surface area contributed by atoms with Crippen molar-refractivity contribution in [2.24, 2.45) is 17.3 Å². The molecule has 4 bridgehead atoms. The number of amides is 1. The average molecular weight is 369 g/mol. The van der Waals surface area contributed by atoms with E-state index < -0.39 is 0 Å². The highest BCUT2D eigenvalue weighted by Gasteiger charge is 2.57. The number of anilines is 1. The van der Waals surface area contributed by atoms with Crippen LogP contribution in [0.1, 0.15) is 50.6 Å². The van der Waals surface area contributed by atoms with Crippen LogP contribution in [0.5, 0.6) is 0 Å². The van der Waals surface area contributed by atoms with E-state index in [2.05, 4.69) is 26.2 Å². The third kappa shape index (κ3) is 2.67. The van der Waals surface area contributed by atoms with Crippen molar-refractivity contribution in [1.82, 2.24) is 4.98 Å². The van der Waals surface area contributed by atoms with Crippen LogP contribution in [0.2, 0.25) is 0 Å². The first-order valence-corrected chi connectivity index (χ1v) is 9.52. The van der Waals surface area contributed by atoms with Crippen LogP contribution in [-0.2, 0) is 4.79 Å². The van der Waals surface area contributed by atoms with Gasteiger partial charge in [0.15, 0.2) is 5.13 Å². The van der Waals surface area contributed by atoms with Crippen LogP contribution in [-0.4, -0.2) is 15.2 Å². The van der Waals surface area contributed by atoms with E-state index in [9.17, 15) is 4.79 Å². The second-order valence-corrected chi connectivity index (χ2v) is 10.2. The zero-order valence-electron chi connectivity index (χ0n) is 12.3. The van der Waals surface area contributed by atoms with Crippen LogP contribution in [0, 0.1) is 24.2 Å². The second kappa shape index (κ2) is 4.79. The maximum atomic E-state index is 12.5. The van der Waals surface area contributed by atoms with E-state index >= 15 is 0 Å². The molecular formula is C16H21BrN2OS. The smallest absolute Gasteiger partial charge is 0.226 e. The van der Waals surface area contributed by atoms with Crippen LogP contribution in [0.15, 0.2) is 5.38 Å². The highest BCUT2D eigenvalue weighted by atomic mass is 79.9. The summed E-state index contributed by atoms with van der Waals surface area (Å²) in [7, 11) is 0.